The molecule has 0 bridgehead atoms. The number of nitrogens with zero attached hydrogens (tertiary/aromatic N) is 4. The Hall–Kier alpha value is -2.16. The molecule has 3 atom stereocenters. The number of carboxylic acid groups (broad SMARTS) is 1. The van der Waals surface area contributed by atoms with E-state index < -0.39 is 40.0 Å². The van der Waals surface area contributed by atoms with E-state index in [0.717, 1.165) is 5.82 Å². The molecule has 2 N–H and O–H groups in total. The Morgan fingerprint density at radius 1 is 1.44 bits per heavy atom. The summed E-state index contributed by atoms with van der Waals surface area (Å²) in [6.07, 6.45) is 0. The smallest absolute Gasteiger partial charge is 0.352 e. The average molecular weight is 514 g/mol. The Balaban J connectivity index is 1.42. The van der Waals surface area contributed by atoms with Crippen molar-refractivity contribution in [2.45, 2.75) is 27.7 Å². The number of aromatic nitrogens is 3. The van der Waals surface area contributed by atoms with Crippen molar-refractivity contribution in [1.82, 2.24) is 25.0 Å². The highest BCUT2D eigenvalue weighted by molar-refractivity contribution is 8.01. The first-order valence-corrected chi connectivity index (χ1v) is 13.6. The summed E-state index contributed by atoms with van der Waals surface area (Å²) in [5.41, 5.74) is 0.553. The van der Waals surface area contributed by atoms with Gasteiger partial charge in [0.25, 0.3) is 5.91 Å². The molecule has 0 radical (unpaired) electrons. The molecule has 0 aromatic carbocycles. The van der Waals surface area contributed by atoms with Crippen LogP contribution in [0.25, 0.3) is 0 Å². The van der Waals surface area contributed by atoms with Crippen LogP contribution in [0.5, 0.6) is 0 Å². The summed E-state index contributed by atoms with van der Waals surface area (Å²) in [6, 6.07) is 2.60. The maximum atomic E-state index is 12.7. The number of β-lactam (4-membered cyclic amide) rings is 1. The van der Waals surface area contributed by atoms with Crippen LogP contribution in [0, 0.1) is 6.92 Å². The second-order valence-electron chi connectivity index (χ2n) is 6.99. The van der Waals surface area contributed by atoms with E-state index in [2.05, 4.69) is 15.4 Å². The van der Waals surface area contributed by atoms with Crippen molar-refractivity contribution < 1.29 is 23.7 Å². The number of aliphatic carboxylic acids is 1. The summed E-state index contributed by atoms with van der Waals surface area (Å²) < 4.78 is 14.4. The van der Waals surface area contributed by atoms with Crippen LogP contribution in [0.3, 0.4) is 0 Å². The molecule has 3 unspecified atom stereocenters. The van der Waals surface area contributed by atoms with Crippen molar-refractivity contribution in [3.63, 3.8) is 0 Å². The largest absolute Gasteiger partial charge is 0.477 e. The van der Waals surface area contributed by atoms with E-state index >= 15 is 0 Å². The van der Waals surface area contributed by atoms with Crippen LogP contribution in [0.1, 0.15) is 5.82 Å². The van der Waals surface area contributed by atoms with Gasteiger partial charge < -0.3 is 10.4 Å². The molecule has 4 rings (SSSR count). The van der Waals surface area contributed by atoms with E-state index in [1.807, 2.05) is 6.92 Å². The van der Waals surface area contributed by atoms with E-state index in [1.165, 1.54) is 39.8 Å². The van der Waals surface area contributed by atoms with Gasteiger partial charge >= 0.3 is 5.97 Å². The maximum Gasteiger partial charge on any atom is 0.352 e. The number of rotatable bonds is 8. The van der Waals surface area contributed by atoms with Gasteiger partial charge in [-0.2, -0.15) is 0 Å². The van der Waals surface area contributed by atoms with Crippen molar-refractivity contribution in [2.75, 3.05) is 17.3 Å². The normalized spacial score (nSPS) is 21.2. The monoisotopic (exact) mass is 513 g/mol. The number of amides is 2. The predicted molar refractivity (Wildman–Crippen MR) is 122 cm³/mol. The van der Waals surface area contributed by atoms with Crippen LogP contribution >= 0.6 is 34.9 Å². The lowest BCUT2D eigenvalue weighted by Gasteiger charge is -2.49. The molecule has 1 fully saturated rings. The zero-order valence-corrected chi connectivity index (χ0v) is 20.3. The van der Waals surface area contributed by atoms with Gasteiger partial charge in [-0.15, -0.1) is 28.2 Å². The number of thioether (sulfide) groups is 2. The predicted octanol–water partition coefficient (Wildman–Crippen LogP) is 0.824. The van der Waals surface area contributed by atoms with E-state index in [1.54, 1.807) is 29.2 Å². The fourth-order valence-corrected chi connectivity index (χ4v) is 7.55. The SMILES string of the molecule is Cc1nc(SCC2=C(C(=O)O)N3C(=O)C(NC(=O)CS(=O)c4cccs4)C3SC2)nn1C. The molecule has 0 spiro atoms. The molecule has 2 aromatic rings. The highest BCUT2D eigenvalue weighted by atomic mass is 32.2. The Morgan fingerprint density at radius 2 is 2.22 bits per heavy atom. The van der Waals surface area contributed by atoms with Crippen molar-refractivity contribution in [3.05, 3.63) is 34.6 Å². The van der Waals surface area contributed by atoms with Crippen LogP contribution in [0.2, 0.25) is 0 Å². The Morgan fingerprint density at radius 3 is 2.84 bits per heavy atom. The number of nitrogens with one attached hydrogen (secondary N) is 1. The number of carbonyl (C=O) groups excluding carboxylic acids is 2. The number of carboxylic acids is 1. The van der Waals surface area contributed by atoms with Crippen LogP contribution in [-0.2, 0) is 32.2 Å². The summed E-state index contributed by atoms with van der Waals surface area (Å²) in [6.45, 7) is 1.82. The van der Waals surface area contributed by atoms with Gasteiger partial charge in [0.15, 0.2) is 0 Å². The highest BCUT2D eigenvalue weighted by Gasteiger charge is 2.54. The van der Waals surface area contributed by atoms with Gasteiger partial charge in [0.1, 0.15) is 28.7 Å². The highest BCUT2D eigenvalue weighted by Crippen LogP contribution is 2.41. The molecule has 4 heterocycles. The molecule has 1 saturated heterocycles. The zero-order valence-electron chi connectivity index (χ0n) is 17.0. The number of thiophene rings is 1. The molecule has 2 aliphatic heterocycles. The van der Waals surface area contributed by atoms with Crippen molar-refractivity contribution >= 4 is 63.4 Å². The third-order valence-corrected chi connectivity index (χ3v) is 9.77. The third kappa shape index (κ3) is 4.49. The Kier molecular flexibility index (Phi) is 6.74. The summed E-state index contributed by atoms with van der Waals surface area (Å²) in [4.78, 5) is 42.5. The first-order valence-electron chi connectivity index (χ1n) is 9.38. The van der Waals surface area contributed by atoms with Gasteiger partial charge in [0.2, 0.25) is 11.1 Å². The standard InChI is InChI=1S/C18H19N5O5S4/c1-9-19-18(21-22(9)2)31-7-10-6-30-16-13(15(25)23(16)14(10)17(26)27)20-11(24)8-32(28)12-4-3-5-29-12/h3-5,13,16H,6-8H2,1-2H3,(H,20,24)(H,26,27). The van der Waals surface area contributed by atoms with E-state index in [9.17, 15) is 23.7 Å². The maximum absolute atomic E-state index is 12.7. The molecule has 2 aliphatic rings. The number of hydrogen-bond donors (Lipinski definition) is 2. The van der Waals surface area contributed by atoms with Gasteiger partial charge in [-0.3, -0.25) is 23.4 Å². The van der Waals surface area contributed by atoms with E-state index in [0.29, 0.717) is 26.4 Å². The lowest BCUT2D eigenvalue weighted by atomic mass is 10.0. The summed E-state index contributed by atoms with van der Waals surface area (Å²) >= 11 is 4.00. The van der Waals surface area contributed by atoms with Crippen molar-refractivity contribution in [2.24, 2.45) is 7.05 Å². The van der Waals surface area contributed by atoms with Gasteiger partial charge in [0.05, 0.1) is 15.0 Å². The quantitative estimate of drug-likeness (QED) is 0.389. The second kappa shape index (κ2) is 9.37. The lowest BCUT2D eigenvalue weighted by Crippen LogP contribution is -2.70. The minimum Gasteiger partial charge on any atom is -0.477 e. The molecular formula is C18H19N5O5S4. The third-order valence-electron chi connectivity index (χ3n) is 4.88. The summed E-state index contributed by atoms with van der Waals surface area (Å²) in [5.74, 6) is -0.934. The minimum absolute atomic E-state index is 0.0495. The molecule has 0 saturated carbocycles. The Labute approximate surface area is 198 Å². The van der Waals surface area contributed by atoms with Gasteiger partial charge in [0, 0.05) is 18.6 Å². The first kappa shape index (κ1) is 23.0. The topological polar surface area (TPSA) is 134 Å². The van der Waals surface area contributed by atoms with Crippen LogP contribution in [-0.4, -0.2) is 75.4 Å². The average Bonchev–Trinajstić information content (AvgIpc) is 3.40. The summed E-state index contributed by atoms with van der Waals surface area (Å²) in [7, 11) is 0.293. The van der Waals surface area contributed by atoms with Crippen LogP contribution < -0.4 is 5.32 Å². The van der Waals surface area contributed by atoms with Gasteiger partial charge in [-0.25, -0.2) is 9.78 Å². The fourth-order valence-electron chi connectivity index (χ4n) is 3.24. The lowest BCUT2D eigenvalue weighted by molar-refractivity contribution is -0.150. The number of aryl methyl sites for hydroxylation is 2. The molecule has 32 heavy (non-hydrogen) atoms. The van der Waals surface area contributed by atoms with E-state index in [4.69, 9.17) is 0 Å². The number of hydrogen-bond acceptors (Lipinski definition) is 9. The second-order valence-corrected chi connectivity index (χ2v) is 11.7. The van der Waals surface area contributed by atoms with Crippen LogP contribution in [0.15, 0.2) is 38.1 Å². The van der Waals surface area contributed by atoms with E-state index in [-0.39, 0.29) is 11.4 Å². The molecule has 2 aromatic heterocycles. The van der Waals surface area contributed by atoms with Crippen LogP contribution in [0.4, 0.5) is 0 Å². The van der Waals surface area contributed by atoms with Crippen molar-refractivity contribution in [1.29, 1.82) is 0 Å². The molecule has 14 heteroatoms. The molecular weight excluding hydrogens is 494 g/mol. The molecule has 0 aliphatic carbocycles. The Bertz CT molecular complexity index is 1110. The number of carbonyl (C=O) groups is 3. The molecule has 170 valence electrons. The van der Waals surface area contributed by atoms with Gasteiger partial charge in [-0.05, 0) is 23.9 Å². The van der Waals surface area contributed by atoms with Crippen molar-refractivity contribution in [3.8, 4) is 0 Å². The molecule has 2 amide bonds. The first-order chi connectivity index (χ1) is 15.3. The van der Waals surface area contributed by atoms with Gasteiger partial charge in [-0.1, -0.05) is 17.8 Å². The molecule has 10 nitrogen and oxygen atoms in total. The fraction of sp³-hybridized carbons (Fsp3) is 0.389. The summed E-state index contributed by atoms with van der Waals surface area (Å²) in [5, 5.41) is 18.4. The minimum atomic E-state index is -1.48. The zero-order chi connectivity index (χ0) is 23.0. The number of fused-ring (bicyclic) bond motifs is 1.